The number of anilines is 1. The van der Waals surface area contributed by atoms with Gasteiger partial charge in [0.05, 0.1) is 11.9 Å². The van der Waals surface area contributed by atoms with E-state index in [4.69, 9.17) is 0 Å². The van der Waals surface area contributed by atoms with Gasteiger partial charge in [0.15, 0.2) is 11.3 Å². The van der Waals surface area contributed by atoms with Gasteiger partial charge in [0.2, 0.25) is 0 Å². The van der Waals surface area contributed by atoms with Gasteiger partial charge >= 0.3 is 0 Å². The van der Waals surface area contributed by atoms with E-state index in [1.807, 2.05) is 13.8 Å². The van der Waals surface area contributed by atoms with Gasteiger partial charge in [0.1, 0.15) is 5.82 Å². The summed E-state index contributed by atoms with van der Waals surface area (Å²) in [5.74, 6) is 0.315. The number of aromatic nitrogens is 3. The Balaban J connectivity index is 0.000000771. The van der Waals surface area contributed by atoms with Crippen LogP contribution in [0.2, 0.25) is 0 Å². The summed E-state index contributed by atoms with van der Waals surface area (Å²) in [7, 11) is 0. The molecule has 0 radical (unpaired) electrons. The molecule has 18 heavy (non-hydrogen) atoms. The topological polar surface area (TPSA) is 42.2 Å². The number of halogens is 2. The lowest BCUT2D eigenvalue weighted by atomic mass is 10.4. The third kappa shape index (κ3) is 2.82. The number of fused-ring (bicyclic) bond motifs is 1. The van der Waals surface area contributed by atoms with Crippen molar-refractivity contribution < 1.29 is 8.78 Å². The van der Waals surface area contributed by atoms with Crippen LogP contribution in [0.3, 0.4) is 0 Å². The summed E-state index contributed by atoms with van der Waals surface area (Å²) in [6.07, 6.45) is 1.98. The number of nitrogens with zero attached hydrogens (tertiary/aromatic N) is 3. The Kier molecular flexibility index (Phi) is 4.76. The van der Waals surface area contributed by atoms with Crippen LogP contribution in [-0.4, -0.2) is 14.4 Å². The van der Waals surface area contributed by atoms with Gasteiger partial charge < -0.3 is 9.72 Å². The Morgan fingerprint density at radius 2 is 2.00 bits per heavy atom. The quantitative estimate of drug-likeness (QED) is 0.910. The number of imidazole rings is 1. The van der Waals surface area contributed by atoms with Gasteiger partial charge in [-0.2, -0.15) is 0 Å². The lowest BCUT2D eigenvalue weighted by Crippen LogP contribution is -2.01. The van der Waals surface area contributed by atoms with Crippen molar-refractivity contribution in [3.63, 3.8) is 0 Å². The summed E-state index contributed by atoms with van der Waals surface area (Å²) in [5, 5.41) is 2.68. The van der Waals surface area contributed by atoms with Crippen molar-refractivity contribution in [3.05, 3.63) is 36.6 Å². The Hall–Kier alpha value is -1.98. The van der Waals surface area contributed by atoms with Crippen LogP contribution in [0, 0.1) is 6.92 Å². The molecule has 0 saturated carbocycles. The van der Waals surface area contributed by atoms with Crippen molar-refractivity contribution >= 4 is 11.5 Å². The second-order valence-electron chi connectivity index (χ2n) is 3.27. The minimum Gasteiger partial charge on any atom is -0.346 e. The largest absolute Gasteiger partial charge is 0.346 e. The van der Waals surface area contributed by atoms with Crippen molar-refractivity contribution in [1.29, 1.82) is 0 Å². The van der Waals surface area contributed by atoms with Gasteiger partial charge in [-0.15, -0.1) is 0 Å². The van der Waals surface area contributed by atoms with E-state index in [9.17, 15) is 8.78 Å². The van der Waals surface area contributed by atoms with Crippen LogP contribution in [0.25, 0.3) is 5.65 Å². The molecule has 0 aliphatic heterocycles. The molecule has 2 aromatic heterocycles. The zero-order valence-electron chi connectivity index (χ0n) is 10.6. The van der Waals surface area contributed by atoms with Crippen molar-refractivity contribution in [3.8, 4) is 0 Å². The molecule has 2 heterocycles. The van der Waals surface area contributed by atoms with E-state index in [1.54, 1.807) is 19.3 Å². The first-order chi connectivity index (χ1) is 8.61. The van der Waals surface area contributed by atoms with Crippen LogP contribution in [0.1, 0.15) is 31.7 Å². The molecule has 1 N–H and O–H groups in total. The molecular formula is C12H16F2N4. The average molecular weight is 254 g/mol. The molecule has 0 fully saturated rings. The number of alkyl halides is 2. The Labute approximate surface area is 104 Å². The third-order valence-electron chi connectivity index (χ3n) is 2.04. The lowest BCUT2D eigenvalue weighted by molar-refractivity contribution is 0.147. The SMILES string of the molecule is C=CNc1cn2cc(C)nc2c(C(F)F)n1.CC. The standard InChI is InChI=1S/C10H10F2N4.C2H6/c1-3-13-7-5-16-4-6(2)14-10(16)8(15-7)9(11)12;1-2/h3-5,9,13H,1H2,2H3;1-2H3. The average Bonchev–Trinajstić information content (AvgIpc) is 2.71. The molecule has 0 bridgehead atoms. The van der Waals surface area contributed by atoms with Crippen molar-refractivity contribution in [2.24, 2.45) is 0 Å². The second kappa shape index (κ2) is 6.09. The number of hydrogen-bond acceptors (Lipinski definition) is 3. The van der Waals surface area contributed by atoms with Crippen molar-refractivity contribution in [2.45, 2.75) is 27.2 Å². The zero-order chi connectivity index (χ0) is 13.7. The van der Waals surface area contributed by atoms with Crippen LogP contribution >= 0.6 is 0 Å². The lowest BCUT2D eigenvalue weighted by Gasteiger charge is -2.05. The Morgan fingerprint density at radius 3 is 2.56 bits per heavy atom. The molecular weight excluding hydrogens is 238 g/mol. The van der Waals surface area contributed by atoms with Crippen LogP contribution < -0.4 is 5.32 Å². The van der Waals surface area contributed by atoms with Crippen molar-refractivity contribution in [2.75, 3.05) is 5.32 Å². The van der Waals surface area contributed by atoms with E-state index >= 15 is 0 Å². The highest BCUT2D eigenvalue weighted by molar-refractivity contribution is 5.51. The first-order valence-electron chi connectivity index (χ1n) is 5.63. The Bertz CT molecular complexity index is 534. The highest BCUT2D eigenvalue weighted by Crippen LogP contribution is 2.23. The smallest absolute Gasteiger partial charge is 0.284 e. The van der Waals surface area contributed by atoms with Crippen LogP contribution in [-0.2, 0) is 0 Å². The van der Waals surface area contributed by atoms with Gasteiger partial charge in [0.25, 0.3) is 6.43 Å². The molecule has 0 aliphatic rings. The molecule has 0 spiro atoms. The van der Waals surface area contributed by atoms with E-state index < -0.39 is 6.43 Å². The van der Waals surface area contributed by atoms with E-state index in [-0.39, 0.29) is 11.3 Å². The molecule has 2 rings (SSSR count). The fourth-order valence-electron chi connectivity index (χ4n) is 1.46. The Morgan fingerprint density at radius 1 is 1.33 bits per heavy atom. The number of hydrogen-bond donors (Lipinski definition) is 1. The second-order valence-corrected chi connectivity index (χ2v) is 3.27. The van der Waals surface area contributed by atoms with Crippen LogP contribution in [0.15, 0.2) is 25.2 Å². The van der Waals surface area contributed by atoms with Gasteiger partial charge in [-0.3, -0.25) is 0 Å². The molecule has 4 nitrogen and oxygen atoms in total. The first-order valence-corrected chi connectivity index (χ1v) is 5.63. The fourth-order valence-corrected chi connectivity index (χ4v) is 1.46. The fraction of sp³-hybridized carbons (Fsp3) is 0.333. The first kappa shape index (κ1) is 14.1. The molecule has 0 atom stereocenters. The maximum Gasteiger partial charge on any atom is 0.284 e. The van der Waals surface area contributed by atoms with E-state index in [1.165, 1.54) is 10.6 Å². The molecule has 98 valence electrons. The number of rotatable bonds is 3. The summed E-state index contributed by atoms with van der Waals surface area (Å²) in [6, 6.07) is 0. The zero-order valence-corrected chi connectivity index (χ0v) is 10.6. The molecule has 0 aliphatic carbocycles. The predicted molar refractivity (Wildman–Crippen MR) is 67.8 cm³/mol. The van der Waals surface area contributed by atoms with E-state index in [0.29, 0.717) is 11.5 Å². The molecule has 0 saturated heterocycles. The minimum atomic E-state index is -2.66. The van der Waals surface area contributed by atoms with E-state index in [0.717, 1.165) is 0 Å². The molecule has 2 aromatic rings. The van der Waals surface area contributed by atoms with Gasteiger partial charge in [-0.25, -0.2) is 18.7 Å². The summed E-state index contributed by atoms with van der Waals surface area (Å²) < 4.78 is 27.0. The summed E-state index contributed by atoms with van der Waals surface area (Å²) in [4.78, 5) is 7.79. The molecule has 0 amide bonds. The normalized spacial score (nSPS) is 10.1. The highest BCUT2D eigenvalue weighted by atomic mass is 19.3. The maximum atomic E-state index is 12.8. The van der Waals surface area contributed by atoms with Crippen molar-refractivity contribution in [1.82, 2.24) is 14.4 Å². The third-order valence-corrected chi connectivity index (χ3v) is 2.04. The van der Waals surface area contributed by atoms with Gasteiger partial charge in [-0.1, -0.05) is 20.4 Å². The monoisotopic (exact) mass is 254 g/mol. The van der Waals surface area contributed by atoms with Crippen LogP contribution in [0.4, 0.5) is 14.6 Å². The summed E-state index contributed by atoms with van der Waals surface area (Å²) in [5.41, 5.74) is 0.515. The molecule has 0 aromatic carbocycles. The highest BCUT2D eigenvalue weighted by Gasteiger charge is 2.17. The maximum absolute atomic E-state index is 12.8. The number of nitrogens with one attached hydrogen (secondary N) is 1. The number of aryl methyl sites for hydroxylation is 1. The predicted octanol–water partition coefficient (Wildman–Crippen LogP) is 3.56. The minimum absolute atomic E-state index is 0.183. The van der Waals surface area contributed by atoms with Gasteiger partial charge in [-0.05, 0) is 13.1 Å². The summed E-state index contributed by atoms with van der Waals surface area (Å²) >= 11 is 0. The van der Waals surface area contributed by atoms with E-state index in [2.05, 4.69) is 21.9 Å². The molecule has 0 unspecified atom stereocenters. The molecule has 6 heteroatoms. The van der Waals surface area contributed by atoms with Gasteiger partial charge in [0, 0.05) is 6.20 Å². The summed E-state index contributed by atoms with van der Waals surface area (Å²) in [6.45, 7) is 9.19. The van der Waals surface area contributed by atoms with Crippen LogP contribution in [0.5, 0.6) is 0 Å².